The minimum atomic E-state index is -0.333. The average molecular weight is 365 g/mol. The van der Waals surface area contributed by atoms with Crippen LogP contribution in [-0.2, 0) is 5.75 Å². The Balaban J connectivity index is 1.50. The molecular weight excluding hydrogens is 346 g/mol. The Hall–Kier alpha value is -1.61. The molecule has 9 heteroatoms. The smallest absolute Gasteiger partial charge is 0.324 e. The number of nitrogens with zero attached hydrogens (tertiary/aromatic N) is 5. The SMILES string of the molecule is O=[N+]([O-])c1cc(CSc2nnc(N3CCCCC3)n2C2CC2)cs1. The summed E-state index contributed by atoms with van der Waals surface area (Å²) < 4.78 is 2.29. The molecule has 0 bridgehead atoms. The summed E-state index contributed by atoms with van der Waals surface area (Å²) >= 11 is 2.81. The van der Waals surface area contributed by atoms with E-state index in [0.717, 1.165) is 29.8 Å². The zero-order valence-corrected chi connectivity index (χ0v) is 14.9. The number of thioether (sulfide) groups is 1. The van der Waals surface area contributed by atoms with Gasteiger partial charge in [0.25, 0.3) is 0 Å². The molecule has 0 atom stereocenters. The number of hydrogen-bond acceptors (Lipinski definition) is 7. The van der Waals surface area contributed by atoms with Gasteiger partial charge in [-0.3, -0.25) is 14.7 Å². The maximum absolute atomic E-state index is 10.8. The molecule has 3 heterocycles. The van der Waals surface area contributed by atoms with E-state index in [1.807, 2.05) is 5.38 Å². The quantitative estimate of drug-likeness (QED) is 0.439. The second-order valence-corrected chi connectivity index (χ2v) is 8.10. The Morgan fingerprint density at radius 2 is 2.08 bits per heavy atom. The van der Waals surface area contributed by atoms with Crippen LogP contribution in [0.1, 0.15) is 43.7 Å². The van der Waals surface area contributed by atoms with Crippen molar-refractivity contribution in [2.45, 2.75) is 49.1 Å². The molecule has 7 nitrogen and oxygen atoms in total. The number of hydrogen-bond donors (Lipinski definition) is 0. The molecule has 0 aromatic carbocycles. The average Bonchev–Trinajstić information content (AvgIpc) is 3.17. The van der Waals surface area contributed by atoms with Crippen LogP contribution in [0.5, 0.6) is 0 Å². The van der Waals surface area contributed by atoms with Crippen LogP contribution in [0.2, 0.25) is 0 Å². The first-order valence-corrected chi connectivity index (χ1v) is 10.1. The van der Waals surface area contributed by atoms with Crippen molar-refractivity contribution in [1.29, 1.82) is 0 Å². The fourth-order valence-corrected chi connectivity index (χ4v) is 4.78. The van der Waals surface area contributed by atoms with E-state index in [4.69, 9.17) is 0 Å². The third-order valence-electron chi connectivity index (χ3n) is 4.39. The molecule has 0 N–H and O–H groups in total. The third kappa shape index (κ3) is 3.27. The van der Waals surface area contributed by atoms with Crippen LogP contribution in [0.15, 0.2) is 16.6 Å². The number of anilines is 1. The fraction of sp³-hybridized carbons (Fsp3) is 0.600. The first-order chi connectivity index (χ1) is 11.7. The van der Waals surface area contributed by atoms with Crippen molar-refractivity contribution in [2.24, 2.45) is 0 Å². The maximum atomic E-state index is 10.8. The third-order valence-corrected chi connectivity index (χ3v) is 6.33. The van der Waals surface area contributed by atoms with Crippen molar-refractivity contribution >= 4 is 34.0 Å². The van der Waals surface area contributed by atoms with Crippen molar-refractivity contribution in [3.8, 4) is 0 Å². The standard InChI is InChI=1S/C15H19N5O2S2/c21-20(22)13-8-11(9-23-13)10-24-15-17-16-14(19(15)12-4-5-12)18-6-2-1-3-7-18/h8-9,12H,1-7,10H2. The predicted octanol–water partition coefficient (Wildman–Crippen LogP) is 3.87. The van der Waals surface area contributed by atoms with Crippen LogP contribution in [0.3, 0.4) is 0 Å². The van der Waals surface area contributed by atoms with Crippen molar-refractivity contribution in [3.63, 3.8) is 0 Å². The molecule has 1 saturated heterocycles. The Bertz CT molecular complexity index is 734. The summed E-state index contributed by atoms with van der Waals surface area (Å²) in [5, 5.41) is 22.7. The molecule has 2 fully saturated rings. The Kier molecular flexibility index (Phi) is 4.45. The number of aromatic nitrogens is 3. The monoisotopic (exact) mass is 365 g/mol. The first-order valence-electron chi connectivity index (χ1n) is 8.27. The second kappa shape index (κ2) is 6.72. The van der Waals surface area contributed by atoms with E-state index in [9.17, 15) is 10.1 Å². The molecule has 1 aliphatic heterocycles. The summed E-state index contributed by atoms with van der Waals surface area (Å²) in [6, 6.07) is 2.18. The van der Waals surface area contributed by atoms with Crippen molar-refractivity contribution in [3.05, 3.63) is 27.1 Å². The van der Waals surface area contributed by atoms with E-state index in [1.165, 1.54) is 43.4 Å². The fourth-order valence-electron chi connectivity index (χ4n) is 3.01. The number of piperidine rings is 1. The number of nitro groups is 1. The molecule has 2 aliphatic rings. The van der Waals surface area contributed by atoms with Crippen LogP contribution >= 0.6 is 23.1 Å². The first kappa shape index (κ1) is 15.9. The van der Waals surface area contributed by atoms with Crippen LogP contribution in [0.25, 0.3) is 0 Å². The van der Waals surface area contributed by atoms with Gasteiger partial charge in [-0.2, -0.15) is 0 Å². The summed E-state index contributed by atoms with van der Waals surface area (Å²) in [6.45, 7) is 2.12. The highest BCUT2D eigenvalue weighted by molar-refractivity contribution is 7.98. The molecule has 2 aromatic rings. The van der Waals surface area contributed by atoms with Crippen molar-refractivity contribution in [1.82, 2.24) is 14.8 Å². The van der Waals surface area contributed by atoms with Crippen LogP contribution in [-0.4, -0.2) is 32.8 Å². The van der Waals surface area contributed by atoms with Gasteiger partial charge in [0.1, 0.15) is 0 Å². The van der Waals surface area contributed by atoms with Crippen LogP contribution in [0, 0.1) is 10.1 Å². The topological polar surface area (TPSA) is 77.1 Å². The molecule has 0 radical (unpaired) electrons. The van der Waals surface area contributed by atoms with Crippen molar-refractivity contribution in [2.75, 3.05) is 18.0 Å². The predicted molar refractivity (Wildman–Crippen MR) is 94.9 cm³/mol. The van der Waals surface area contributed by atoms with E-state index in [2.05, 4.69) is 19.7 Å². The van der Waals surface area contributed by atoms with Gasteiger partial charge in [-0.05, 0) is 37.7 Å². The lowest BCUT2D eigenvalue weighted by molar-refractivity contribution is -0.380. The summed E-state index contributed by atoms with van der Waals surface area (Å²) in [4.78, 5) is 12.8. The highest BCUT2D eigenvalue weighted by Crippen LogP contribution is 2.42. The Labute approximate surface area is 148 Å². The zero-order chi connectivity index (χ0) is 16.5. The summed E-state index contributed by atoms with van der Waals surface area (Å²) in [6.07, 6.45) is 6.12. The van der Waals surface area contributed by atoms with Gasteiger partial charge in [-0.1, -0.05) is 23.1 Å². The lowest BCUT2D eigenvalue weighted by Crippen LogP contribution is -2.31. The van der Waals surface area contributed by atoms with Gasteiger partial charge >= 0.3 is 5.00 Å². The Morgan fingerprint density at radius 1 is 1.29 bits per heavy atom. The van der Waals surface area contributed by atoms with Gasteiger partial charge in [0.2, 0.25) is 5.95 Å². The molecule has 24 heavy (non-hydrogen) atoms. The van der Waals surface area contributed by atoms with Gasteiger partial charge in [0.15, 0.2) is 5.16 Å². The molecule has 0 unspecified atom stereocenters. The molecule has 4 rings (SSSR count). The van der Waals surface area contributed by atoms with Gasteiger partial charge in [-0.15, -0.1) is 10.2 Å². The summed E-state index contributed by atoms with van der Waals surface area (Å²) in [5.41, 5.74) is 0.974. The molecule has 0 spiro atoms. The van der Waals surface area contributed by atoms with E-state index in [0.29, 0.717) is 11.8 Å². The molecule has 0 amide bonds. The number of thiophene rings is 1. The highest BCUT2D eigenvalue weighted by atomic mass is 32.2. The van der Waals surface area contributed by atoms with Gasteiger partial charge in [0.05, 0.1) is 4.92 Å². The van der Waals surface area contributed by atoms with Crippen LogP contribution in [0.4, 0.5) is 10.9 Å². The van der Waals surface area contributed by atoms with E-state index in [-0.39, 0.29) is 9.92 Å². The number of rotatable bonds is 6. The minimum absolute atomic E-state index is 0.197. The van der Waals surface area contributed by atoms with Gasteiger partial charge in [0, 0.05) is 36.3 Å². The molecule has 1 aliphatic carbocycles. The van der Waals surface area contributed by atoms with E-state index in [1.54, 1.807) is 17.8 Å². The van der Waals surface area contributed by atoms with E-state index < -0.39 is 0 Å². The lowest BCUT2D eigenvalue weighted by atomic mass is 10.1. The van der Waals surface area contributed by atoms with E-state index >= 15 is 0 Å². The molecule has 128 valence electrons. The Morgan fingerprint density at radius 3 is 2.75 bits per heavy atom. The largest absolute Gasteiger partial charge is 0.341 e. The molecule has 1 saturated carbocycles. The maximum Gasteiger partial charge on any atom is 0.324 e. The molecule has 2 aromatic heterocycles. The second-order valence-electron chi connectivity index (χ2n) is 6.27. The van der Waals surface area contributed by atoms with Crippen LogP contribution < -0.4 is 4.90 Å². The van der Waals surface area contributed by atoms with Gasteiger partial charge < -0.3 is 4.90 Å². The normalized spacial score (nSPS) is 18.1. The zero-order valence-electron chi connectivity index (χ0n) is 13.3. The van der Waals surface area contributed by atoms with Gasteiger partial charge in [-0.25, -0.2) is 0 Å². The molecular formula is C15H19N5O2S2. The minimum Gasteiger partial charge on any atom is -0.341 e. The summed E-state index contributed by atoms with van der Waals surface area (Å²) in [5.74, 6) is 1.70. The van der Waals surface area contributed by atoms with Crippen molar-refractivity contribution < 1.29 is 4.92 Å². The highest BCUT2D eigenvalue weighted by Gasteiger charge is 2.32. The lowest BCUT2D eigenvalue weighted by Gasteiger charge is -2.27. The summed E-state index contributed by atoms with van der Waals surface area (Å²) in [7, 11) is 0.